The third-order valence-corrected chi connectivity index (χ3v) is 3.67. The molecule has 2 amide bonds. The number of nitrogens with zero attached hydrogens (tertiary/aromatic N) is 1. The second kappa shape index (κ2) is 7.00. The maximum atomic E-state index is 12.0. The number of carbonyl (C=O) groups excluding carboxylic acids is 2. The number of nitrogens with one attached hydrogen (secondary N) is 3. The van der Waals surface area contributed by atoms with E-state index in [1.54, 1.807) is 31.2 Å². The number of rotatable bonds is 4. The number of benzene rings is 1. The fraction of sp³-hybridized carbons (Fsp3) is 0.176. The van der Waals surface area contributed by atoms with E-state index in [0.29, 0.717) is 28.1 Å². The Bertz CT molecular complexity index is 989. The number of aromatic amines is 1. The highest BCUT2D eigenvalue weighted by atomic mass is 16.3. The Balaban J connectivity index is 1.57. The summed E-state index contributed by atoms with van der Waals surface area (Å²) in [6.07, 6.45) is 1.70. The van der Waals surface area contributed by atoms with Crippen molar-refractivity contribution in [3.8, 4) is 0 Å². The van der Waals surface area contributed by atoms with Crippen LogP contribution in [0.5, 0.6) is 0 Å². The number of hydrogen-bond acceptors (Lipinski definition) is 5. The predicted octanol–water partition coefficient (Wildman–Crippen LogP) is 1.22. The van der Waals surface area contributed by atoms with Gasteiger partial charge in [0.2, 0.25) is 5.91 Å². The fourth-order valence-electron chi connectivity index (χ4n) is 2.36. The molecule has 128 valence electrons. The van der Waals surface area contributed by atoms with Crippen molar-refractivity contribution in [3.63, 3.8) is 0 Å². The average Bonchev–Trinajstić information content (AvgIpc) is 3.04. The van der Waals surface area contributed by atoms with E-state index in [2.05, 4.69) is 20.8 Å². The molecule has 0 aliphatic heterocycles. The van der Waals surface area contributed by atoms with Gasteiger partial charge in [0, 0.05) is 12.8 Å². The molecular formula is C17H16N4O4. The summed E-state index contributed by atoms with van der Waals surface area (Å²) in [6.45, 7) is 1.65. The molecule has 0 saturated carbocycles. The fourth-order valence-corrected chi connectivity index (χ4v) is 2.36. The monoisotopic (exact) mass is 340 g/mol. The molecule has 25 heavy (non-hydrogen) atoms. The third kappa shape index (κ3) is 3.74. The first-order chi connectivity index (χ1) is 12.0. The summed E-state index contributed by atoms with van der Waals surface area (Å²) in [5.74, 6) is 0.0164. The molecule has 0 fully saturated rings. The van der Waals surface area contributed by atoms with Gasteiger partial charge in [0.1, 0.15) is 11.6 Å². The van der Waals surface area contributed by atoms with Gasteiger partial charge in [-0.2, -0.15) is 0 Å². The van der Waals surface area contributed by atoms with Crippen LogP contribution in [0.3, 0.4) is 0 Å². The Morgan fingerprint density at radius 2 is 2.00 bits per heavy atom. The molecule has 0 aliphatic rings. The van der Waals surface area contributed by atoms with Gasteiger partial charge in [0.25, 0.3) is 11.5 Å². The van der Waals surface area contributed by atoms with E-state index in [1.165, 1.54) is 12.3 Å². The predicted molar refractivity (Wildman–Crippen MR) is 89.7 cm³/mol. The zero-order valence-corrected chi connectivity index (χ0v) is 13.5. The molecule has 0 radical (unpaired) electrons. The van der Waals surface area contributed by atoms with Crippen LogP contribution in [-0.4, -0.2) is 21.8 Å². The maximum absolute atomic E-state index is 12.0. The lowest BCUT2D eigenvalue weighted by Crippen LogP contribution is -2.41. The molecule has 0 atom stereocenters. The van der Waals surface area contributed by atoms with Gasteiger partial charge in [0.05, 0.1) is 22.7 Å². The van der Waals surface area contributed by atoms with Crippen LogP contribution in [0.1, 0.15) is 28.4 Å². The van der Waals surface area contributed by atoms with E-state index >= 15 is 0 Å². The molecule has 8 nitrogen and oxygen atoms in total. The molecule has 3 aromatic rings. The van der Waals surface area contributed by atoms with E-state index in [1.807, 2.05) is 0 Å². The Labute approximate surface area is 142 Å². The van der Waals surface area contributed by atoms with E-state index < -0.39 is 11.8 Å². The molecule has 0 saturated heterocycles. The number of H-pyrrole nitrogens is 1. The van der Waals surface area contributed by atoms with Crippen LogP contribution in [-0.2, 0) is 11.2 Å². The first kappa shape index (κ1) is 16.4. The molecule has 8 heteroatoms. The number of amides is 2. The minimum absolute atomic E-state index is 0.0614. The van der Waals surface area contributed by atoms with Crippen LogP contribution in [0, 0.1) is 6.92 Å². The molecule has 3 N–H and O–H groups in total. The summed E-state index contributed by atoms with van der Waals surface area (Å²) in [4.78, 5) is 42.6. The minimum atomic E-state index is -0.461. The summed E-state index contributed by atoms with van der Waals surface area (Å²) >= 11 is 0. The number of hydrogen-bond donors (Lipinski definition) is 3. The number of hydrazine groups is 1. The van der Waals surface area contributed by atoms with Crippen LogP contribution in [0.15, 0.2) is 45.8 Å². The van der Waals surface area contributed by atoms with Crippen molar-refractivity contribution >= 4 is 22.7 Å². The summed E-state index contributed by atoms with van der Waals surface area (Å²) in [7, 11) is 0. The lowest BCUT2D eigenvalue weighted by Gasteiger charge is -2.07. The van der Waals surface area contributed by atoms with E-state index in [4.69, 9.17) is 4.42 Å². The maximum Gasteiger partial charge on any atom is 0.273 e. The van der Waals surface area contributed by atoms with Crippen molar-refractivity contribution in [1.82, 2.24) is 20.8 Å². The van der Waals surface area contributed by atoms with Crippen molar-refractivity contribution in [3.05, 3.63) is 64.1 Å². The van der Waals surface area contributed by atoms with Crippen LogP contribution in [0.2, 0.25) is 0 Å². The smallest absolute Gasteiger partial charge is 0.273 e. The Morgan fingerprint density at radius 1 is 1.20 bits per heavy atom. The second-order valence-corrected chi connectivity index (χ2v) is 5.42. The van der Waals surface area contributed by atoms with E-state index in [0.717, 1.165) is 0 Å². The molecule has 0 unspecified atom stereocenters. The van der Waals surface area contributed by atoms with Crippen molar-refractivity contribution in [2.24, 2.45) is 0 Å². The first-order valence-electron chi connectivity index (χ1n) is 7.66. The minimum Gasteiger partial charge on any atom is -0.469 e. The highest BCUT2D eigenvalue weighted by Gasteiger charge is 2.12. The first-order valence-corrected chi connectivity index (χ1v) is 7.66. The lowest BCUT2D eigenvalue weighted by atomic mass is 10.2. The van der Waals surface area contributed by atoms with Crippen molar-refractivity contribution in [1.29, 1.82) is 0 Å². The number of carbonyl (C=O) groups is 2. The number of aryl methyl sites for hydroxylation is 2. The largest absolute Gasteiger partial charge is 0.469 e. The van der Waals surface area contributed by atoms with Gasteiger partial charge in [-0.15, -0.1) is 0 Å². The van der Waals surface area contributed by atoms with Crippen molar-refractivity contribution in [2.75, 3.05) is 0 Å². The highest BCUT2D eigenvalue weighted by Crippen LogP contribution is 2.08. The van der Waals surface area contributed by atoms with Gasteiger partial charge in [-0.05, 0) is 25.1 Å². The summed E-state index contributed by atoms with van der Waals surface area (Å²) in [6, 6.07) is 8.49. The third-order valence-electron chi connectivity index (χ3n) is 3.67. The summed E-state index contributed by atoms with van der Waals surface area (Å²) in [5, 5.41) is 0.499. The van der Waals surface area contributed by atoms with Gasteiger partial charge < -0.3 is 9.40 Å². The topological polar surface area (TPSA) is 117 Å². The number of aromatic nitrogens is 2. The lowest BCUT2D eigenvalue weighted by molar-refractivity contribution is -0.121. The highest BCUT2D eigenvalue weighted by molar-refractivity contribution is 5.96. The van der Waals surface area contributed by atoms with E-state index in [-0.39, 0.29) is 18.4 Å². The van der Waals surface area contributed by atoms with Gasteiger partial charge >= 0.3 is 0 Å². The quantitative estimate of drug-likeness (QED) is 0.617. The van der Waals surface area contributed by atoms with Crippen LogP contribution >= 0.6 is 0 Å². The summed E-state index contributed by atoms with van der Waals surface area (Å²) < 4.78 is 5.03. The SMILES string of the molecule is Cc1occc1C(=O)NNC(=O)CCc1nc2ccccc2c(=O)[nH]1. The number of furan rings is 1. The Morgan fingerprint density at radius 3 is 2.76 bits per heavy atom. The van der Waals surface area contributed by atoms with Gasteiger partial charge in [-0.25, -0.2) is 4.98 Å². The molecule has 3 rings (SSSR count). The normalized spacial score (nSPS) is 10.6. The van der Waals surface area contributed by atoms with Gasteiger partial charge in [0.15, 0.2) is 0 Å². The summed E-state index contributed by atoms with van der Waals surface area (Å²) in [5.41, 5.74) is 5.31. The number of fused-ring (bicyclic) bond motifs is 1. The van der Waals surface area contributed by atoms with Gasteiger partial charge in [-0.3, -0.25) is 25.2 Å². The van der Waals surface area contributed by atoms with Crippen molar-refractivity contribution < 1.29 is 14.0 Å². The molecule has 0 spiro atoms. The average molecular weight is 340 g/mol. The zero-order chi connectivity index (χ0) is 17.8. The molecule has 0 aliphatic carbocycles. The molecule has 1 aromatic carbocycles. The van der Waals surface area contributed by atoms with Crippen LogP contribution in [0.25, 0.3) is 10.9 Å². The van der Waals surface area contributed by atoms with Crippen LogP contribution < -0.4 is 16.4 Å². The molecule has 2 aromatic heterocycles. The molecule has 2 heterocycles. The van der Waals surface area contributed by atoms with Crippen LogP contribution in [0.4, 0.5) is 0 Å². The zero-order valence-electron chi connectivity index (χ0n) is 13.5. The standard InChI is InChI=1S/C17H16N4O4/c1-10-11(8-9-25-10)17(24)21-20-15(22)7-6-14-18-13-5-3-2-4-12(13)16(23)19-14/h2-5,8-9H,6-7H2,1H3,(H,20,22)(H,21,24)(H,18,19,23). The van der Waals surface area contributed by atoms with Gasteiger partial charge in [-0.1, -0.05) is 12.1 Å². The second-order valence-electron chi connectivity index (χ2n) is 5.42. The molecule has 0 bridgehead atoms. The Kier molecular flexibility index (Phi) is 4.60. The molecular weight excluding hydrogens is 324 g/mol. The van der Waals surface area contributed by atoms with Crippen molar-refractivity contribution in [2.45, 2.75) is 19.8 Å². The van der Waals surface area contributed by atoms with E-state index in [9.17, 15) is 14.4 Å². The number of para-hydroxylation sites is 1. The Hall–Kier alpha value is -3.42.